The first-order valence-corrected chi connectivity index (χ1v) is 8.11. The van der Waals surface area contributed by atoms with Crippen LogP contribution in [0.2, 0.25) is 10.0 Å². The summed E-state index contributed by atoms with van der Waals surface area (Å²) in [6.45, 7) is 0. The molecule has 1 N–H and O–H groups in total. The number of benzene rings is 2. The van der Waals surface area contributed by atoms with Crippen LogP contribution < -0.4 is 0 Å². The minimum absolute atomic E-state index is 0.586. The summed E-state index contributed by atoms with van der Waals surface area (Å²) in [5.74, 6) is 0.768. The zero-order chi connectivity index (χ0) is 15.5. The molecular weight excluding hydrogens is 383 g/mol. The van der Waals surface area contributed by atoms with E-state index < -0.39 is 0 Å². The van der Waals surface area contributed by atoms with Crippen molar-refractivity contribution in [2.45, 2.75) is 0 Å². The third kappa shape index (κ3) is 3.61. The van der Waals surface area contributed by atoms with Crippen LogP contribution in [-0.2, 0) is 0 Å². The minimum atomic E-state index is 0.586. The molecule has 0 saturated carbocycles. The molecule has 3 rings (SSSR count). The van der Waals surface area contributed by atoms with Crippen molar-refractivity contribution in [3.05, 3.63) is 74.6 Å². The van der Waals surface area contributed by atoms with E-state index in [-0.39, 0.29) is 0 Å². The Kier molecular flexibility index (Phi) is 4.67. The molecule has 22 heavy (non-hydrogen) atoms. The van der Waals surface area contributed by atoms with Crippen molar-refractivity contribution < 1.29 is 0 Å². The lowest BCUT2D eigenvalue weighted by molar-refractivity contribution is 1.27. The Bertz CT molecular complexity index is 823. The van der Waals surface area contributed by atoms with Gasteiger partial charge in [0, 0.05) is 21.3 Å². The number of hydrogen-bond donors (Lipinski definition) is 1. The van der Waals surface area contributed by atoms with Crippen LogP contribution in [0, 0.1) is 0 Å². The van der Waals surface area contributed by atoms with Gasteiger partial charge in [0.2, 0.25) is 0 Å². The lowest BCUT2D eigenvalue weighted by atomic mass is 10.2. The Morgan fingerprint density at radius 2 is 1.77 bits per heavy atom. The van der Waals surface area contributed by atoms with Gasteiger partial charge in [-0.15, -0.1) is 0 Å². The van der Waals surface area contributed by atoms with Crippen molar-refractivity contribution in [1.82, 2.24) is 9.97 Å². The molecule has 0 amide bonds. The first kappa shape index (κ1) is 15.3. The van der Waals surface area contributed by atoms with Gasteiger partial charge in [-0.3, -0.25) is 0 Å². The number of rotatable bonds is 3. The zero-order valence-corrected chi connectivity index (χ0v) is 14.5. The van der Waals surface area contributed by atoms with Crippen LogP contribution in [0.5, 0.6) is 0 Å². The topological polar surface area (TPSA) is 28.7 Å². The van der Waals surface area contributed by atoms with Gasteiger partial charge in [-0.2, -0.15) is 0 Å². The van der Waals surface area contributed by atoms with Gasteiger partial charge in [-0.1, -0.05) is 57.3 Å². The Labute approximate surface area is 146 Å². The van der Waals surface area contributed by atoms with Gasteiger partial charge in [-0.05, 0) is 42.0 Å². The number of imidazole rings is 1. The van der Waals surface area contributed by atoms with Crippen molar-refractivity contribution in [1.29, 1.82) is 0 Å². The first-order valence-electron chi connectivity index (χ1n) is 6.56. The minimum Gasteiger partial charge on any atom is -0.344 e. The second-order valence-corrected chi connectivity index (χ2v) is 6.44. The maximum absolute atomic E-state index is 6.20. The van der Waals surface area contributed by atoms with E-state index in [2.05, 4.69) is 25.9 Å². The average Bonchev–Trinajstić information content (AvgIpc) is 2.95. The summed E-state index contributed by atoms with van der Waals surface area (Å²) < 4.78 is 1.06. The van der Waals surface area contributed by atoms with Crippen LogP contribution in [0.25, 0.3) is 23.4 Å². The molecule has 2 nitrogen and oxygen atoms in total. The highest BCUT2D eigenvalue weighted by Crippen LogP contribution is 2.29. The first-order chi connectivity index (χ1) is 10.6. The van der Waals surface area contributed by atoms with Crippen LogP contribution in [0.3, 0.4) is 0 Å². The average molecular weight is 394 g/mol. The molecule has 5 heteroatoms. The van der Waals surface area contributed by atoms with Crippen LogP contribution in [0.1, 0.15) is 11.4 Å². The van der Waals surface area contributed by atoms with E-state index in [1.807, 2.05) is 48.7 Å². The summed E-state index contributed by atoms with van der Waals surface area (Å²) in [6.07, 6.45) is 5.76. The molecule has 2 aromatic carbocycles. The lowest BCUT2D eigenvalue weighted by Gasteiger charge is -2.00. The molecule has 0 bridgehead atoms. The largest absolute Gasteiger partial charge is 0.344 e. The summed E-state index contributed by atoms with van der Waals surface area (Å²) in [7, 11) is 0. The van der Waals surface area contributed by atoms with Gasteiger partial charge in [0.1, 0.15) is 5.82 Å². The molecule has 0 atom stereocenters. The molecular formula is C17H11BrCl2N2. The fourth-order valence-corrected chi connectivity index (χ4v) is 2.78. The van der Waals surface area contributed by atoms with E-state index in [4.69, 9.17) is 23.2 Å². The quantitative estimate of drug-likeness (QED) is 0.554. The maximum atomic E-state index is 6.20. The SMILES string of the molecule is Clc1ccc(-c2c[nH]c(C=Cc3ccc(Br)cc3)n2)c(Cl)c1. The predicted octanol–water partition coefficient (Wildman–Crippen LogP) is 6.32. The van der Waals surface area contributed by atoms with Crippen molar-refractivity contribution in [2.75, 3.05) is 0 Å². The predicted molar refractivity (Wildman–Crippen MR) is 97.1 cm³/mol. The highest BCUT2D eigenvalue weighted by molar-refractivity contribution is 9.10. The fraction of sp³-hybridized carbons (Fsp3) is 0. The van der Waals surface area contributed by atoms with E-state index in [0.29, 0.717) is 10.0 Å². The van der Waals surface area contributed by atoms with E-state index in [1.165, 1.54) is 0 Å². The van der Waals surface area contributed by atoms with E-state index in [0.717, 1.165) is 27.1 Å². The number of aromatic amines is 1. The van der Waals surface area contributed by atoms with E-state index in [1.54, 1.807) is 12.1 Å². The summed E-state index contributed by atoms with van der Waals surface area (Å²) >= 11 is 15.5. The number of nitrogens with zero attached hydrogens (tertiary/aromatic N) is 1. The third-order valence-electron chi connectivity index (χ3n) is 3.11. The molecule has 0 aliphatic carbocycles. The van der Waals surface area contributed by atoms with Crippen molar-refractivity contribution in [2.24, 2.45) is 0 Å². The van der Waals surface area contributed by atoms with Gasteiger partial charge in [0.25, 0.3) is 0 Å². The van der Waals surface area contributed by atoms with Crippen LogP contribution in [-0.4, -0.2) is 9.97 Å². The summed E-state index contributed by atoms with van der Waals surface area (Å²) in [6, 6.07) is 13.4. The number of hydrogen-bond acceptors (Lipinski definition) is 1. The number of nitrogens with one attached hydrogen (secondary N) is 1. The van der Waals surface area contributed by atoms with Crippen LogP contribution in [0.4, 0.5) is 0 Å². The Balaban J connectivity index is 1.83. The Morgan fingerprint density at radius 1 is 1.00 bits per heavy atom. The second kappa shape index (κ2) is 6.69. The van der Waals surface area contributed by atoms with Crippen molar-refractivity contribution in [3.8, 4) is 11.3 Å². The molecule has 3 aromatic rings. The highest BCUT2D eigenvalue weighted by atomic mass is 79.9. The standard InChI is InChI=1S/C17H11BrCl2N2/c18-12-4-1-11(2-5-12)3-8-17-21-10-16(22-17)14-7-6-13(19)9-15(14)20/h1-10H,(H,21,22). The molecule has 0 aliphatic rings. The van der Waals surface area contributed by atoms with Gasteiger partial charge < -0.3 is 4.98 Å². The Morgan fingerprint density at radius 3 is 2.50 bits per heavy atom. The van der Waals surface area contributed by atoms with Crippen LogP contribution in [0.15, 0.2) is 53.1 Å². The van der Waals surface area contributed by atoms with Gasteiger partial charge >= 0.3 is 0 Å². The van der Waals surface area contributed by atoms with E-state index >= 15 is 0 Å². The number of H-pyrrole nitrogens is 1. The van der Waals surface area contributed by atoms with Crippen molar-refractivity contribution in [3.63, 3.8) is 0 Å². The van der Waals surface area contributed by atoms with Gasteiger partial charge in [0.15, 0.2) is 0 Å². The summed E-state index contributed by atoms with van der Waals surface area (Å²) in [5, 5.41) is 1.20. The summed E-state index contributed by atoms with van der Waals surface area (Å²) in [5.41, 5.74) is 2.74. The third-order valence-corrected chi connectivity index (χ3v) is 4.18. The molecule has 0 spiro atoms. The fourth-order valence-electron chi connectivity index (χ4n) is 2.01. The molecule has 0 radical (unpaired) electrons. The number of aromatic nitrogens is 2. The highest BCUT2D eigenvalue weighted by Gasteiger charge is 2.07. The van der Waals surface area contributed by atoms with Crippen LogP contribution >= 0.6 is 39.1 Å². The Hall–Kier alpha value is -1.55. The smallest absolute Gasteiger partial charge is 0.130 e. The lowest BCUT2D eigenvalue weighted by Crippen LogP contribution is -1.80. The molecule has 0 aliphatic heterocycles. The summed E-state index contributed by atoms with van der Waals surface area (Å²) in [4.78, 5) is 7.65. The molecule has 1 aromatic heterocycles. The molecule has 0 saturated heterocycles. The molecule has 1 heterocycles. The maximum Gasteiger partial charge on any atom is 0.130 e. The molecule has 110 valence electrons. The normalized spacial score (nSPS) is 11.2. The van der Waals surface area contributed by atoms with Gasteiger partial charge in [0.05, 0.1) is 10.7 Å². The van der Waals surface area contributed by atoms with Gasteiger partial charge in [-0.25, -0.2) is 4.98 Å². The number of halogens is 3. The van der Waals surface area contributed by atoms with Crippen molar-refractivity contribution >= 4 is 51.3 Å². The zero-order valence-electron chi connectivity index (χ0n) is 11.4. The monoisotopic (exact) mass is 392 g/mol. The molecule has 0 unspecified atom stereocenters. The second-order valence-electron chi connectivity index (χ2n) is 4.68. The molecule has 0 fully saturated rings. The van der Waals surface area contributed by atoms with E-state index in [9.17, 15) is 0 Å².